The molecule has 17 heavy (non-hydrogen) atoms. The zero-order valence-electron chi connectivity index (χ0n) is 12.7. The Morgan fingerprint density at radius 2 is 1.12 bits per heavy atom. The highest BCUT2D eigenvalue weighted by atomic mass is 15.3. The molecule has 2 heteroatoms. The second-order valence-electron chi connectivity index (χ2n) is 5.63. The van der Waals surface area contributed by atoms with Gasteiger partial charge in [-0.15, -0.1) is 0 Å². The second kappa shape index (κ2) is 12.4. The molecular weight excluding hydrogens is 208 g/mol. The van der Waals surface area contributed by atoms with Gasteiger partial charge in [-0.2, -0.15) is 0 Å². The molecule has 0 spiro atoms. The van der Waals surface area contributed by atoms with Crippen molar-refractivity contribution in [2.24, 2.45) is 0 Å². The van der Waals surface area contributed by atoms with Gasteiger partial charge in [-0.3, -0.25) is 9.80 Å². The summed E-state index contributed by atoms with van der Waals surface area (Å²) in [5.74, 6) is 0. The molecule has 104 valence electrons. The zero-order chi connectivity index (χ0) is 12.9. The van der Waals surface area contributed by atoms with Crippen LogP contribution in [0, 0.1) is 0 Å². The van der Waals surface area contributed by atoms with Crippen LogP contribution in [-0.2, 0) is 0 Å². The van der Waals surface area contributed by atoms with Crippen molar-refractivity contribution < 1.29 is 0 Å². The molecule has 0 radical (unpaired) electrons. The van der Waals surface area contributed by atoms with Crippen molar-refractivity contribution in [1.82, 2.24) is 9.80 Å². The molecule has 0 aromatic rings. The summed E-state index contributed by atoms with van der Waals surface area (Å²) in [6.45, 7) is 4.61. The van der Waals surface area contributed by atoms with Crippen molar-refractivity contribution >= 4 is 0 Å². The number of hydrogen-bond donors (Lipinski definition) is 0. The number of unbranched alkanes of at least 4 members (excludes halogenated alkanes) is 8. The molecule has 0 N–H and O–H groups in total. The normalized spacial score (nSPS) is 11.6. The lowest BCUT2D eigenvalue weighted by molar-refractivity contribution is 0.207. The molecule has 0 aliphatic carbocycles. The molecule has 0 bridgehead atoms. The summed E-state index contributed by atoms with van der Waals surface area (Å²) in [5.41, 5.74) is 0. The largest absolute Gasteiger partial charge is 0.297 e. The molecule has 0 amide bonds. The van der Waals surface area contributed by atoms with Gasteiger partial charge in [0, 0.05) is 6.67 Å². The van der Waals surface area contributed by atoms with Crippen LogP contribution in [0.2, 0.25) is 0 Å². The Bertz CT molecular complexity index is 146. The molecule has 0 aliphatic heterocycles. The molecular formula is C15H34N2. The Hall–Kier alpha value is -0.0800. The van der Waals surface area contributed by atoms with E-state index in [1.165, 1.54) is 64.3 Å². The summed E-state index contributed by atoms with van der Waals surface area (Å²) >= 11 is 0. The summed E-state index contributed by atoms with van der Waals surface area (Å²) in [5, 5.41) is 0. The van der Waals surface area contributed by atoms with Crippen LogP contribution < -0.4 is 0 Å². The van der Waals surface area contributed by atoms with Crippen molar-refractivity contribution in [3.8, 4) is 0 Å². The van der Waals surface area contributed by atoms with E-state index >= 15 is 0 Å². The highest BCUT2D eigenvalue weighted by Gasteiger charge is 1.98. The maximum atomic E-state index is 2.40. The van der Waals surface area contributed by atoms with E-state index in [0.717, 1.165) is 6.67 Å². The monoisotopic (exact) mass is 242 g/mol. The lowest BCUT2D eigenvalue weighted by Crippen LogP contribution is -2.30. The summed E-state index contributed by atoms with van der Waals surface area (Å²) in [7, 11) is 6.48. The van der Waals surface area contributed by atoms with Crippen molar-refractivity contribution in [3.63, 3.8) is 0 Å². The lowest BCUT2D eigenvalue weighted by Gasteiger charge is -2.20. The van der Waals surface area contributed by atoms with Crippen LogP contribution in [0.5, 0.6) is 0 Å². The van der Waals surface area contributed by atoms with Crippen molar-refractivity contribution in [3.05, 3.63) is 0 Å². The smallest absolute Gasteiger partial charge is 0.0497 e. The van der Waals surface area contributed by atoms with Gasteiger partial charge in [0.1, 0.15) is 0 Å². The lowest BCUT2D eigenvalue weighted by atomic mass is 10.1. The molecule has 0 fully saturated rings. The van der Waals surface area contributed by atoms with Crippen LogP contribution in [-0.4, -0.2) is 44.2 Å². The molecule has 0 saturated heterocycles. The van der Waals surface area contributed by atoms with Gasteiger partial charge < -0.3 is 0 Å². The molecule has 0 aromatic heterocycles. The fraction of sp³-hybridized carbons (Fsp3) is 1.00. The number of rotatable bonds is 12. The van der Waals surface area contributed by atoms with E-state index in [1.807, 2.05) is 0 Å². The van der Waals surface area contributed by atoms with Crippen LogP contribution in [0.3, 0.4) is 0 Å². The maximum absolute atomic E-state index is 2.40. The molecule has 0 unspecified atom stereocenters. The van der Waals surface area contributed by atoms with Gasteiger partial charge in [0.25, 0.3) is 0 Å². The van der Waals surface area contributed by atoms with Gasteiger partial charge >= 0.3 is 0 Å². The minimum atomic E-state index is 1.08. The molecule has 0 rings (SSSR count). The third-order valence-corrected chi connectivity index (χ3v) is 3.17. The van der Waals surface area contributed by atoms with Gasteiger partial charge in [-0.1, -0.05) is 58.3 Å². The predicted molar refractivity (Wildman–Crippen MR) is 78.4 cm³/mol. The third-order valence-electron chi connectivity index (χ3n) is 3.17. The van der Waals surface area contributed by atoms with E-state index < -0.39 is 0 Å². The SMILES string of the molecule is CCCCCCCCCCCN(C)CN(C)C. The Labute approximate surface area is 109 Å². The molecule has 0 aromatic carbocycles. The molecule has 0 saturated carbocycles. The van der Waals surface area contributed by atoms with Crippen molar-refractivity contribution in [2.45, 2.75) is 64.7 Å². The fourth-order valence-electron chi connectivity index (χ4n) is 2.25. The quantitative estimate of drug-likeness (QED) is 0.377. The van der Waals surface area contributed by atoms with Crippen molar-refractivity contribution in [1.29, 1.82) is 0 Å². The summed E-state index contributed by atoms with van der Waals surface area (Å²) in [6, 6.07) is 0. The predicted octanol–water partition coefficient (Wildman–Crippen LogP) is 3.97. The number of hydrogen-bond acceptors (Lipinski definition) is 2. The first kappa shape index (κ1) is 16.9. The summed E-state index contributed by atoms with van der Waals surface area (Å²) in [6.07, 6.45) is 12.8. The first-order chi connectivity index (χ1) is 8.16. The van der Waals surface area contributed by atoms with Gasteiger partial charge in [0.15, 0.2) is 0 Å². The van der Waals surface area contributed by atoms with E-state index in [2.05, 4.69) is 37.9 Å². The van der Waals surface area contributed by atoms with E-state index in [-0.39, 0.29) is 0 Å². The highest BCUT2D eigenvalue weighted by Crippen LogP contribution is 2.09. The third kappa shape index (κ3) is 13.9. The van der Waals surface area contributed by atoms with Gasteiger partial charge in [-0.25, -0.2) is 0 Å². The van der Waals surface area contributed by atoms with Crippen LogP contribution in [0.25, 0.3) is 0 Å². The van der Waals surface area contributed by atoms with Crippen LogP contribution in [0.1, 0.15) is 64.7 Å². The average molecular weight is 242 g/mol. The Morgan fingerprint density at radius 1 is 0.647 bits per heavy atom. The molecule has 2 nitrogen and oxygen atoms in total. The summed E-state index contributed by atoms with van der Waals surface area (Å²) in [4.78, 5) is 4.63. The van der Waals surface area contributed by atoms with Crippen LogP contribution >= 0.6 is 0 Å². The molecule has 0 aliphatic rings. The second-order valence-corrected chi connectivity index (χ2v) is 5.63. The first-order valence-corrected chi connectivity index (χ1v) is 7.50. The summed E-state index contributed by atoms with van der Waals surface area (Å²) < 4.78 is 0. The first-order valence-electron chi connectivity index (χ1n) is 7.50. The topological polar surface area (TPSA) is 6.48 Å². The van der Waals surface area contributed by atoms with E-state index in [0.29, 0.717) is 0 Å². The molecule has 0 heterocycles. The minimum Gasteiger partial charge on any atom is -0.297 e. The number of nitrogens with zero attached hydrogens (tertiary/aromatic N) is 2. The van der Waals surface area contributed by atoms with Crippen LogP contribution in [0.4, 0.5) is 0 Å². The van der Waals surface area contributed by atoms with E-state index in [4.69, 9.17) is 0 Å². The minimum absolute atomic E-state index is 1.08. The fourth-order valence-corrected chi connectivity index (χ4v) is 2.25. The van der Waals surface area contributed by atoms with Gasteiger partial charge in [-0.05, 0) is 34.1 Å². The van der Waals surface area contributed by atoms with E-state index in [1.54, 1.807) is 0 Å². The van der Waals surface area contributed by atoms with Crippen molar-refractivity contribution in [2.75, 3.05) is 34.4 Å². The zero-order valence-corrected chi connectivity index (χ0v) is 12.7. The Kier molecular flexibility index (Phi) is 12.3. The molecule has 0 atom stereocenters. The Morgan fingerprint density at radius 3 is 1.59 bits per heavy atom. The maximum Gasteiger partial charge on any atom is 0.0497 e. The van der Waals surface area contributed by atoms with Gasteiger partial charge in [0.05, 0.1) is 0 Å². The average Bonchev–Trinajstić information content (AvgIpc) is 2.26. The highest BCUT2D eigenvalue weighted by molar-refractivity contribution is 4.52. The standard InChI is InChI=1S/C15H34N2/c1-5-6-7-8-9-10-11-12-13-14-17(4)15-16(2)3/h5-15H2,1-4H3. The van der Waals surface area contributed by atoms with Crippen LogP contribution in [0.15, 0.2) is 0 Å². The van der Waals surface area contributed by atoms with Gasteiger partial charge in [0.2, 0.25) is 0 Å². The van der Waals surface area contributed by atoms with E-state index in [9.17, 15) is 0 Å². The Balaban J connectivity index is 3.07.